The summed E-state index contributed by atoms with van der Waals surface area (Å²) in [5.74, 6) is -3.62. The summed E-state index contributed by atoms with van der Waals surface area (Å²) in [6.45, 7) is 6.61. The zero-order chi connectivity index (χ0) is 26.0. The lowest BCUT2D eigenvalue weighted by molar-refractivity contribution is -0.223. The van der Waals surface area contributed by atoms with E-state index in [2.05, 4.69) is 9.97 Å². The number of esters is 4. The van der Waals surface area contributed by atoms with Gasteiger partial charge in [-0.2, -0.15) is 0 Å². The third kappa shape index (κ3) is 2.33. The van der Waals surface area contributed by atoms with Crippen LogP contribution in [-0.4, -0.2) is 79.7 Å². The second-order valence-corrected chi connectivity index (χ2v) is 10.8. The van der Waals surface area contributed by atoms with Gasteiger partial charge in [0.05, 0.1) is 34.3 Å². The van der Waals surface area contributed by atoms with Gasteiger partial charge in [0, 0.05) is 6.42 Å². The van der Waals surface area contributed by atoms with Crippen LogP contribution in [0.5, 0.6) is 0 Å². The number of aryl methyl sites for hydroxylation is 3. The number of fused-ring (bicyclic) bond motifs is 3. The molecule has 36 heavy (non-hydrogen) atoms. The fourth-order valence-corrected chi connectivity index (χ4v) is 7.49. The van der Waals surface area contributed by atoms with Gasteiger partial charge in [-0.25, -0.2) is 19.4 Å². The molecule has 2 aliphatic carbocycles. The third-order valence-corrected chi connectivity index (χ3v) is 9.33. The van der Waals surface area contributed by atoms with Gasteiger partial charge in [0.25, 0.3) is 0 Å². The fourth-order valence-electron chi connectivity index (χ4n) is 7.49. The lowest BCUT2D eigenvalue weighted by atomic mass is 9.47. The van der Waals surface area contributed by atoms with Crippen LogP contribution < -0.4 is 0 Å². The van der Waals surface area contributed by atoms with Crippen molar-refractivity contribution >= 4 is 23.9 Å². The summed E-state index contributed by atoms with van der Waals surface area (Å²) in [4.78, 5) is 60.3. The van der Waals surface area contributed by atoms with Gasteiger partial charge in [-0.05, 0) is 33.6 Å². The number of aliphatic hydroxyl groups is 2. The number of hydrogen-bond acceptors (Lipinski definition) is 12. The minimum atomic E-state index is -2.59. The van der Waals surface area contributed by atoms with E-state index in [1.807, 2.05) is 0 Å². The normalized spacial score (nSPS) is 44.2. The first-order valence-electron chi connectivity index (χ1n) is 11.9. The van der Waals surface area contributed by atoms with Crippen molar-refractivity contribution < 1.29 is 48.3 Å². The molecular formula is C24H26N2O10. The molecule has 1 aromatic heterocycles. The molecule has 12 heteroatoms. The van der Waals surface area contributed by atoms with E-state index in [0.717, 1.165) is 0 Å². The van der Waals surface area contributed by atoms with E-state index >= 15 is 0 Å². The molecule has 192 valence electrons. The van der Waals surface area contributed by atoms with Gasteiger partial charge in [-0.3, -0.25) is 9.78 Å². The predicted octanol–water partition coefficient (Wildman–Crippen LogP) is -0.254. The minimum absolute atomic E-state index is 0.0762. The maximum atomic E-state index is 13.3. The Hall–Kier alpha value is -3.12. The molecule has 2 saturated carbocycles. The molecule has 1 spiro atoms. The van der Waals surface area contributed by atoms with E-state index < -0.39 is 76.7 Å². The monoisotopic (exact) mass is 502 g/mol. The third-order valence-electron chi connectivity index (χ3n) is 9.33. The van der Waals surface area contributed by atoms with Crippen LogP contribution in [0.15, 0.2) is 0 Å². The number of hydrogen-bond donors (Lipinski definition) is 2. The highest BCUT2D eigenvalue weighted by molar-refractivity contribution is 5.93. The van der Waals surface area contributed by atoms with Crippen molar-refractivity contribution in [3.8, 4) is 0 Å². The Balaban J connectivity index is 1.47. The van der Waals surface area contributed by atoms with Crippen molar-refractivity contribution in [3.05, 3.63) is 22.8 Å². The molecule has 0 bridgehead atoms. The predicted molar refractivity (Wildman–Crippen MR) is 114 cm³/mol. The second kappa shape index (κ2) is 6.80. The van der Waals surface area contributed by atoms with Gasteiger partial charge in [0.15, 0.2) is 11.3 Å². The number of carbonyl (C=O) groups excluding carboxylic acids is 4. The van der Waals surface area contributed by atoms with E-state index in [9.17, 15) is 29.4 Å². The number of aromatic nitrogens is 2. The topological polar surface area (TPSA) is 171 Å². The maximum Gasteiger partial charge on any atom is 0.359 e. The maximum absolute atomic E-state index is 13.3. The second-order valence-electron chi connectivity index (χ2n) is 10.8. The Morgan fingerprint density at radius 3 is 2.33 bits per heavy atom. The summed E-state index contributed by atoms with van der Waals surface area (Å²) in [7, 11) is 0. The van der Waals surface area contributed by atoms with Crippen LogP contribution in [-0.2, 0) is 33.3 Å². The quantitative estimate of drug-likeness (QED) is 0.402. The molecule has 0 amide bonds. The van der Waals surface area contributed by atoms with Crippen LogP contribution in [0.3, 0.4) is 0 Å². The van der Waals surface area contributed by atoms with Crippen molar-refractivity contribution in [2.45, 2.75) is 89.0 Å². The molecule has 3 saturated heterocycles. The highest BCUT2D eigenvalue weighted by Gasteiger charge is 2.92. The largest absolute Gasteiger partial charge is 0.459 e. The highest BCUT2D eigenvalue weighted by atomic mass is 16.6. The molecule has 6 rings (SSSR count). The first-order valence-corrected chi connectivity index (χ1v) is 11.9. The van der Waals surface area contributed by atoms with Gasteiger partial charge >= 0.3 is 23.9 Å². The van der Waals surface area contributed by atoms with Gasteiger partial charge in [0.1, 0.15) is 18.3 Å². The summed E-state index contributed by atoms with van der Waals surface area (Å²) in [5, 5.41) is 23.6. The summed E-state index contributed by atoms with van der Waals surface area (Å²) in [6.07, 6.45) is -4.83. The zero-order valence-electron chi connectivity index (χ0n) is 20.2. The van der Waals surface area contributed by atoms with Crippen LogP contribution in [0.1, 0.15) is 60.2 Å². The van der Waals surface area contributed by atoms with Crippen molar-refractivity contribution in [3.63, 3.8) is 0 Å². The number of nitrogens with zero attached hydrogens (tertiary/aromatic N) is 2. The van der Waals surface area contributed by atoms with Crippen LogP contribution >= 0.6 is 0 Å². The highest BCUT2D eigenvalue weighted by Crippen LogP contribution is 2.74. The Kier molecular flexibility index (Phi) is 4.40. The number of carbonyl (C=O) groups is 4. The zero-order valence-corrected chi connectivity index (χ0v) is 20.2. The molecule has 2 N–H and O–H groups in total. The average Bonchev–Trinajstić information content (AvgIpc) is 3.38. The first kappa shape index (κ1) is 23.3. The van der Waals surface area contributed by atoms with E-state index in [1.54, 1.807) is 27.7 Å². The molecule has 0 aromatic carbocycles. The summed E-state index contributed by atoms with van der Waals surface area (Å²) < 4.78 is 22.3. The SMILES string of the molecule is Cc1nc(C)c(C(=O)OC2C(=O)OC3CCC4OC(=O)C5(O)C4(CC4OC(=O)C[C@@]45O)C32C)nc1C. The van der Waals surface area contributed by atoms with Crippen molar-refractivity contribution in [2.24, 2.45) is 10.8 Å². The van der Waals surface area contributed by atoms with E-state index in [1.165, 1.54) is 0 Å². The van der Waals surface area contributed by atoms with E-state index in [-0.39, 0.29) is 25.0 Å². The fraction of sp³-hybridized carbons (Fsp3) is 0.667. The molecule has 5 aliphatic rings. The molecule has 1 aromatic rings. The molecule has 12 nitrogen and oxygen atoms in total. The summed E-state index contributed by atoms with van der Waals surface area (Å²) in [5.41, 5.74) is -6.62. The average molecular weight is 502 g/mol. The van der Waals surface area contributed by atoms with Crippen LogP contribution in [0.25, 0.3) is 0 Å². The molecule has 0 radical (unpaired) electrons. The van der Waals surface area contributed by atoms with Gasteiger partial charge in [-0.1, -0.05) is 6.92 Å². The molecule has 8 atom stereocenters. The Labute approximate surface area is 205 Å². The standard InChI is InChI=1S/C24H26N2O10/c1-9-10(2)26-16(11(3)25-9)18(28)36-17-19(29)34-12-5-6-13-22(21(12,17)4)7-14-23(31,8-15(27)33-14)24(22,32)20(30)35-13/h12-14,17,31-32H,5-8H2,1-4H3/t12?,13?,14?,17?,21?,22?,23-,24?/m1/s1. The molecule has 4 heterocycles. The van der Waals surface area contributed by atoms with Crippen molar-refractivity contribution in [1.29, 1.82) is 0 Å². The molecule has 5 fully saturated rings. The lowest BCUT2D eigenvalue weighted by Crippen LogP contribution is -2.71. The molecule has 7 unspecified atom stereocenters. The van der Waals surface area contributed by atoms with Crippen LogP contribution in [0.4, 0.5) is 0 Å². The van der Waals surface area contributed by atoms with Crippen LogP contribution in [0, 0.1) is 31.6 Å². The summed E-state index contributed by atoms with van der Waals surface area (Å²) >= 11 is 0. The number of ether oxygens (including phenoxy) is 4. The van der Waals surface area contributed by atoms with E-state index in [4.69, 9.17) is 18.9 Å². The van der Waals surface area contributed by atoms with Gasteiger partial charge in [-0.15, -0.1) is 0 Å². The summed E-state index contributed by atoms with van der Waals surface area (Å²) in [6, 6.07) is 0. The minimum Gasteiger partial charge on any atom is -0.459 e. The van der Waals surface area contributed by atoms with Crippen molar-refractivity contribution in [2.75, 3.05) is 0 Å². The Morgan fingerprint density at radius 2 is 1.61 bits per heavy atom. The van der Waals surface area contributed by atoms with Gasteiger partial charge < -0.3 is 29.2 Å². The van der Waals surface area contributed by atoms with Crippen LogP contribution in [0.2, 0.25) is 0 Å². The first-order chi connectivity index (χ1) is 16.8. The Morgan fingerprint density at radius 1 is 0.944 bits per heavy atom. The molecular weight excluding hydrogens is 476 g/mol. The smallest absolute Gasteiger partial charge is 0.359 e. The Bertz CT molecular complexity index is 1270. The number of rotatable bonds is 2. The van der Waals surface area contributed by atoms with E-state index in [0.29, 0.717) is 17.1 Å². The molecule has 3 aliphatic heterocycles. The van der Waals surface area contributed by atoms with Crippen molar-refractivity contribution in [1.82, 2.24) is 9.97 Å². The lowest BCUT2D eigenvalue weighted by Gasteiger charge is -2.54. The van der Waals surface area contributed by atoms with Gasteiger partial charge in [0.2, 0.25) is 11.7 Å².